The molecule has 1 aliphatic rings. The maximum atomic E-state index is 12.9. The molecule has 2 N–H and O–H groups in total. The fourth-order valence-electron chi connectivity index (χ4n) is 3.27. The molecule has 1 unspecified atom stereocenters. The first kappa shape index (κ1) is 15.0. The average molecular weight is 274 g/mol. The molecule has 0 spiro atoms. The van der Waals surface area contributed by atoms with Gasteiger partial charge < -0.3 is 10.6 Å². The van der Waals surface area contributed by atoms with Crippen molar-refractivity contribution in [2.24, 2.45) is 5.73 Å². The van der Waals surface area contributed by atoms with Crippen molar-refractivity contribution in [3.8, 4) is 0 Å². The van der Waals surface area contributed by atoms with Gasteiger partial charge in [-0.2, -0.15) is 0 Å². The lowest BCUT2D eigenvalue weighted by molar-refractivity contribution is -0.135. The summed E-state index contributed by atoms with van der Waals surface area (Å²) in [6.45, 7) is 3.32. The molecule has 1 aliphatic carbocycles. The minimum atomic E-state index is -0.0247. The molecule has 0 radical (unpaired) electrons. The minimum Gasteiger partial charge on any atom is -0.338 e. The summed E-state index contributed by atoms with van der Waals surface area (Å²) in [5, 5.41) is 0. The third kappa shape index (κ3) is 3.40. The van der Waals surface area contributed by atoms with E-state index in [9.17, 15) is 4.79 Å². The van der Waals surface area contributed by atoms with Crippen LogP contribution in [-0.2, 0) is 4.79 Å². The predicted molar refractivity (Wildman–Crippen MR) is 82.5 cm³/mol. The second-order valence-electron chi connectivity index (χ2n) is 5.63. The molecule has 0 aliphatic heterocycles. The Balaban J connectivity index is 2.16. The molecule has 0 heterocycles. The van der Waals surface area contributed by atoms with Crippen LogP contribution in [0, 0.1) is 0 Å². The van der Waals surface area contributed by atoms with Gasteiger partial charge in [-0.25, -0.2) is 0 Å². The van der Waals surface area contributed by atoms with Gasteiger partial charge in [0.2, 0.25) is 5.91 Å². The zero-order valence-corrected chi connectivity index (χ0v) is 12.4. The first-order valence-corrected chi connectivity index (χ1v) is 7.83. The minimum absolute atomic E-state index is 0.0247. The normalized spacial score (nSPS) is 17.1. The SMILES string of the molecule is CCC(C(=O)N(CCN)C1CCCC1)c1ccccc1. The van der Waals surface area contributed by atoms with E-state index in [2.05, 4.69) is 19.1 Å². The Morgan fingerprint density at radius 3 is 2.50 bits per heavy atom. The van der Waals surface area contributed by atoms with E-state index in [1.165, 1.54) is 12.8 Å². The summed E-state index contributed by atoms with van der Waals surface area (Å²) in [5.74, 6) is 0.236. The van der Waals surface area contributed by atoms with Gasteiger partial charge in [0.15, 0.2) is 0 Å². The van der Waals surface area contributed by atoms with E-state index in [1.807, 2.05) is 23.1 Å². The molecule has 0 bridgehead atoms. The molecule has 1 saturated carbocycles. The summed E-state index contributed by atoms with van der Waals surface area (Å²) in [4.78, 5) is 15.0. The third-order valence-corrected chi connectivity index (χ3v) is 4.33. The van der Waals surface area contributed by atoms with E-state index in [-0.39, 0.29) is 11.8 Å². The van der Waals surface area contributed by atoms with E-state index in [1.54, 1.807) is 0 Å². The van der Waals surface area contributed by atoms with Crippen LogP contribution in [-0.4, -0.2) is 29.9 Å². The van der Waals surface area contributed by atoms with Crippen LogP contribution >= 0.6 is 0 Å². The standard InChI is InChI=1S/C17H26N2O/c1-2-16(14-8-4-3-5-9-14)17(20)19(13-12-18)15-10-6-7-11-15/h3-5,8-9,15-16H,2,6-7,10-13,18H2,1H3. The number of carbonyl (C=O) groups is 1. The molecule has 0 aromatic heterocycles. The Morgan fingerprint density at radius 2 is 1.95 bits per heavy atom. The first-order valence-electron chi connectivity index (χ1n) is 7.83. The van der Waals surface area contributed by atoms with Crippen molar-refractivity contribution in [3.63, 3.8) is 0 Å². The molecular weight excluding hydrogens is 248 g/mol. The highest BCUT2D eigenvalue weighted by Gasteiger charge is 2.30. The maximum Gasteiger partial charge on any atom is 0.230 e. The third-order valence-electron chi connectivity index (χ3n) is 4.33. The summed E-state index contributed by atoms with van der Waals surface area (Å²) in [5.41, 5.74) is 6.85. The predicted octanol–water partition coefficient (Wildman–Crippen LogP) is 2.91. The molecule has 2 rings (SSSR count). The lowest BCUT2D eigenvalue weighted by atomic mass is 9.94. The molecule has 0 saturated heterocycles. The quantitative estimate of drug-likeness (QED) is 0.867. The van der Waals surface area contributed by atoms with E-state index < -0.39 is 0 Å². The summed E-state index contributed by atoms with van der Waals surface area (Å²) in [6, 6.07) is 10.5. The van der Waals surface area contributed by atoms with Crippen LogP contribution in [0.5, 0.6) is 0 Å². The molecule has 1 amide bonds. The smallest absolute Gasteiger partial charge is 0.230 e. The Hall–Kier alpha value is -1.35. The zero-order chi connectivity index (χ0) is 14.4. The van der Waals surface area contributed by atoms with Gasteiger partial charge in [-0.05, 0) is 24.8 Å². The molecule has 1 atom stereocenters. The highest BCUT2D eigenvalue weighted by atomic mass is 16.2. The van der Waals surface area contributed by atoms with Crippen LogP contribution in [0.3, 0.4) is 0 Å². The van der Waals surface area contributed by atoms with Gasteiger partial charge in [0.05, 0.1) is 5.92 Å². The first-order chi connectivity index (χ1) is 9.77. The van der Waals surface area contributed by atoms with Crippen molar-refractivity contribution in [2.75, 3.05) is 13.1 Å². The van der Waals surface area contributed by atoms with Gasteiger partial charge in [0.25, 0.3) is 0 Å². The van der Waals surface area contributed by atoms with Crippen molar-refractivity contribution in [1.82, 2.24) is 4.90 Å². The van der Waals surface area contributed by atoms with Gasteiger partial charge in [0.1, 0.15) is 0 Å². The topological polar surface area (TPSA) is 46.3 Å². The van der Waals surface area contributed by atoms with Crippen molar-refractivity contribution < 1.29 is 4.79 Å². The van der Waals surface area contributed by atoms with E-state index >= 15 is 0 Å². The highest BCUT2D eigenvalue weighted by molar-refractivity contribution is 5.84. The Kier molecular flexibility index (Phi) is 5.60. The van der Waals surface area contributed by atoms with Crippen molar-refractivity contribution in [1.29, 1.82) is 0 Å². The van der Waals surface area contributed by atoms with Crippen molar-refractivity contribution >= 4 is 5.91 Å². The van der Waals surface area contributed by atoms with Crippen LogP contribution in [0.4, 0.5) is 0 Å². The zero-order valence-electron chi connectivity index (χ0n) is 12.4. The van der Waals surface area contributed by atoms with Gasteiger partial charge in [-0.15, -0.1) is 0 Å². The summed E-state index contributed by atoms with van der Waals surface area (Å²) >= 11 is 0. The summed E-state index contributed by atoms with van der Waals surface area (Å²) < 4.78 is 0. The lowest BCUT2D eigenvalue weighted by Gasteiger charge is -2.32. The van der Waals surface area contributed by atoms with E-state index in [4.69, 9.17) is 5.73 Å². The number of rotatable bonds is 6. The number of hydrogen-bond donors (Lipinski definition) is 1. The van der Waals surface area contributed by atoms with E-state index in [0.29, 0.717) is 19.1 Å². The van der Waals surface area contributed by atoms with Gasteiger partial charge in [-0.1, -0.05) is 50.1 Å². The van der Waals surface area contributed by atoms with E-state index in [0.717, 1.165) is 24.8 Å². The van der Waals surface area contributed by atoms with Gasteiger partial charge in [0, 0.05) is 19.1 Å². The average Bonchev–Trinajstić information content (AvgIpc) is 3.00. The molecule has 3 nitrogen and oxygen atoms in total. The summed E-state index contributed by atoms with van der Waals surface area (Å²) in [6.07, 6.45) is 5.59. The van der Waals surface area contributed by atoms with Crippen LogP contribution in [0.2, 0.25) is 0 Å². The molecule has 3 heteroatoms. The van der Waals surface area contributed by atoms with Gasteiger partial charge >= 0.3 is 0 Å². The molecule has 110 valence electrons. The Morgan fingerprint density at radius 1 is 1.30 bits per heavy atom. The number of amides is 1. The van der Waals surface area contributed by atoms with Crippen molar-refractivity contribution in [2.45, 2.75) is 51.0 Å². The number of hydrogen-bond acceptors (Lipinski definition) is 2. The lowest BCUT2D eigenvalue weighted by Crippen LogP contribution is -2.44. The van der Waals surface area contributed by atoms with Crippen LogP contribution in [0.15, 0.2) is 30.3 Å². The number of nitrogens with zero attached hydrogens (tertiary/aromatic N) is 1. The van der Waals surface area contributed by atoms with Crippen molar-refractivity contribution in [3.05, 3.63) is 35.9 Å². The Labute approximate surface area is 122 Å². The molecule has 1 aromatic rings. The fraction of sp³-hybridized carbons (Fsp3) is 0.588. The van der Waals surface area contributed by atoms with Crippen LogP contribution in [0.1, 0.15) is 50.5 Å². The van der Waals surface area contributed by atoms with Gasteiger partial charge in [-0.3, -0.25) is 4.79 Å². The molecular formula is C17H26N2O. The number of carbonyl (C=O) groups excluding carboxylic acids is 1. The number of benzene rings is 1. The highest BCUT2D eigenvalue weighted by Crippen LogP contribution is 2.28. The maximum absolute atomic E-state index is 12.9. The fourth-order valence-corrected chi connectivity index (χ4v) is 3.27. The second kappa shape index (κ2) is 7.44. The molecule has 20 heavy (non-hydrogen) atoms. The largest absolute Gasteiger partial charge is 0.338 e. The van der Waals surface area contributed by atoms with Crippen LogP contribution < -0.4 is 5.73 Å². The second-order valence-corrected chi connectivity index (χ2v) is 5.63. The summed E-state index contributed by atoms with van der Waals surface area (Å²) in [7, 11) is 0. The Bertz CT molecular complexity index is 412. The number of nitrogens with two attached hydrogens (primary N) is 1. The molecule has 1 fully saturated rings. The molecule has 1 aromatic carbocycles. The van der Waals surface area contributed by atoms with Crippen LogP contribution in [0.25, 0.3) is 0 Å². The monoisotopic (exact) mass is 274 g/mol.